The van der Waals surface area contributed by atoms with Crippen molar-refractivity contribution in [2.45, 2.75) is 19.3 Å². The standard InChI is InChI=1S/C13H14BrCl2NO/c14-6-5-13(3-4-13)8-17-12(18)9-1-2-10(15)11(16)7-9/h1-2,7H,3-6,8H2,(H,17,18). The van der Waals surface area contributed by atoms with E-state index < -0.39 is 0 Å². The molecule has 0 heterocycles. The van der Waals surface area contributed by atoms with Crippen LogP contribution in [0.25, 0.3) is 0 Å². The molecule has 1 aliphatic rings. The first-order valence-corrected chi connectivity index (χ1v) is 7.73. The first kappa shape index (κ1) is 14.2. The lowest BCUT2D eigenvalue weighted by atomic mass is 10.0. The van der Waals surface area contributed by atoms with Crippen molar-refractivity contribution in [3.05, 3.63) is 33.8 Å². The normalized spacial score (nSPS) is 16.4. The van der Waals surface area contributed by atoms with E-state index >= 15 is 0 Å². The summed E-state index contributed by atoms with van der Waals surface area (Å²) in [5.74, 6) is -0.0885. The second-order valence-electron chi connectivity index (χ2n) is 4.75. The van der Waals surface area contributed by atoms with E-state index in [1.54, 1.807) is 18.2 Å². The van der Waals surface area contributed by atoms with Gasteiger partial charge in [0.25, 0.3) is 5.91 Å². The monoisotopic (exact) mass is 349 g/mol. The summed E-state index contributed by atoms with van der Waals surface area (Å²) >= 11 is 15.2. The summed E-state index contributed by atoms with van der Waals surface area (Å²) in [6.07, 6.45) is 3.50. The maximum atomic E-state index is 12.0. The van der Waals surface area contributed by atoms with Crippen molar-refractivity contribution in [1.82, 2.24) is 5.32 Å². The molecular weight excluding hydrogens is 337 g/mol. The van der Waals surface area contributed by atoms with E-state index in [4.69, 9.17) is 23.2 Å². The van der Waals surface area contributed by atoms with Gasteiger partial charge in [0.2, 0.25) is 0 Å². The fourth-order valence-electron chi connectivity index (χ4n) is 1.90. The Balaban J connectivity index is 1.93. The predicted octanol–water partition coefficient (Wildman–Crippen LogP) is 4.29. The molecule has 1 N–H and O–H groups in total. The molecule has 0 bridgehead atoms. The minimum Gasteiger partial charge on any atom is -0.351 e. The Morgan fingerprint density at radius 3 is 2.61 bits per heavy atom. The van der Waals surface area contributed by atoms with Gasteiger partial charge in [-0.25, -0.2) is 0 Å². The summed E-state index contributed by atoms with van der Waals surface area (Å²) < 4.78 is 0. The van der Waals surface area contributed by atoms with Gasteiger partial charge in [-0.1, -0.05) is 39.1 Å². The number of halogens is 3. The number of alkyl halides is 1. The van der Waals surface area contributed by atoms with Crippen molar-refractivity contribution in [3.8, 4) is 0 Å². The Labute approximate surface area is 125 Å². The molecule has 0 atom stereocenters. The number of hydrogen-bond donors (Lipinski definition) is 1. The Morgan fingerprint density at radius 1 is 1.33 bits per heavy atom. The fourth-order valence-corrected chi connectivity index (χ4v) is 3.04. The molecule has 0 radical (unpaired) electrons. The second-order valence-corrected chi connectivity index (χ2v) is 6.36. The summed E-state index contributed by atoms with van der Waals surface area (Å²) in [5.41, 5.74) is 0.870. The highest BCUT2D eigenvalue weighted by molar-refractivity contribution is 9.09. The molecule has 1 amide bonds. The maximum absolute atomic E-state index is 12.0. The third kappa shape index (κ3) is 3.40. The van der Waals surface area contributed by atoms with Gasteiger partial charge in [0.15, 0.2) is 0 Å². The van der Waals surface area contributed by atoms with Crippen LogP contribution in [-0.2, 0) is 0 Å². The quantitative estimate of drug-likeness (QED) is 0.788. The second kappa shape index (κ2) is 5.81. The Kier molecular flexibility index (Phi) is 4.57. The number of carbonyl (C=O) groups is 1. The molecule has 1 aliphatic carbocycles. The molecular formula is C13H14BrCl2NO. The maximum Gasteiger partial charge on any atom is 0.251 e. The zero-order chi connectivity index (χ0) is 13.2. The molecule has 2 nitrogen and oxygen atoms in total. The summed E-state index contributed by atoms with van der Waals surface area (Å²) in [4.78, 5) is 12.0. The predicted molar refractivity (Wildman–Crippen MR) is 78.9 cm³/mol. The van der Waals surface area contributed by atoms with Crippen LogP contribution in [0.1, 0.15) is 29.6 Å². The van der Waals surface area contributed by atoms with Crippen molar-refractivity contribution in [2.75, 3.05) is 11.9 Å². The molecule has 0 saturated heterocycles. The third-order valence-corrected chi connectivity index (χ3v) is 4.52. The van der Waals surface area contributed by atoms with Crippen LogP contribution in [0, 0.1) is 5.41 Å². The Morgan fingerprint density at radius 2 is 2.06 bits per heavy atom. The van der Waals surface area contributed by atoms with Crippen LogP contribution in [0.4, 0.5) is 0 Å². The Bertz CT molecular complexity index is 460. The van der Waals surface area contributed by atoms with Gasteiger partial charge in [-0.15, -0.1) is 0 Å². The fraction of sp³-hybridized carbons (Fsp3) is 0.462. The van der Waals surface area contributed by atoms with Gasteiger partial charge < -0.3 is 5.32 Å². The Hall–Kier alpha value is -0.250. The minimum absolute atomic E-state index is 0.0885. The van der Waals surface area contributed by atoms with E-state index in [9.17, 15) is 4.79 Å². The first-order valence-electron chi connectivity index (χ1n) is 5.86. The molecule has 1 aromatic carbocycles. The van der Waals surface area contributed by atoms with E-state index in [2.05, 4.69) is 21.2 Å². The van der Waals surface area contributed by atoms with Crippen LogP contribution in [-0.4, -0.2) is 17.8 Å². The highest BCUT2D eigenvalue weighted by atomic mass is 79.9. The van der Waals surface area contributed by atoms with E-state index in [0.717, 1.165) is 18.3 Å². The molecule has 1 aromatic rings. The largest absolute Gasteiger partial charge is 0.351 e. The van der Waals surface area contributed by atoms with E-state index in [1.807, 2.05) is 0 Å². The third-order valence-electron chi connectivity index (χ3n) is 3.39. The van der Waals surface area contributed by atoms with E-state index in [-0.39, 0.29) is 5.91 Å². The number of hydrogen-bond acceptors (Lipinski definition) is 1. The van der Waals surface area contributed by atoms with Crippen LogP contribution < -0.4 is 5.32 Å². The molecule has 2 rings (SSSR count). The number of benzene rings is 1. The van der Waals surface area contributed by atoms with Gasteiger partial charge in [-0.3, -0.25) is 4.79 Å². The molecule has 0 aliphatic heterocycles. The van der Waals surface area contributed by atoms with E-state index in [0.29, 0.717) is 21.0 Å². The minimum atomic E-state index is -0.0885. The average Bonchev–Trinajstić information content (AvgIpc) is 3.11. The zero-order valence-electron chi connectivity index (χ0n) is 9.81. The van der Waals surface area contributed by atoms with Crippen molar-refractivity contribution < 1.29 is 4.79 Å². The van der Waals surface area contributed by atoms with Gasteiger partial charge >= 0.3 is 0 Å². The van der Waals surface area contributed by atoms with Crippen LogP contribution in [0.15, 0.2) is 18.2 Å². The highest BCUT2D eigenvalue weighted by Crippen LogP contribution is 2.48. The number of rotatable bonds is 5. The van der Waals surface area contributed by atoms with Gasteiger partial charge in [0.05, 0.1) is 10.0 Å². The summed E-state index contributed by atoms with van der Waals surface area (Å²) in [6, 6.07) is 4.93. The molecule has 5 heteroatoms. The van der Waals surface area contributed by atoms with Gasteiger partial charge in [0, 0.05) is 17.4 Å². The summed E-state index contributed by atoms with van der Waals surface area (Å²) in [6.45, 7) is 0.734. The highest BCUT2D eigenvalue weighted by Gasteiger charge is 2.41. The topological polar surface area (TPSA) is 29.1 Å². The number of nitrogens with one attached hydrogen (secondary N) is 1. The first-order chi connectivity index (χ1) is 8.56. The summed E-state index contributed by atoms with van der Waals surface area (Å²) in [7, 11) is 0. The van der Waals surface area contributed by atoms with Crippen molar-refractivity contribution in [2.24, 2.45) is 5.41 Å². The smallest absolute Gasteiger partial charge is 0.251 e. The lowest BCUT2D eigenvalue weighted by Crippen LogP contribution is -2.30. The van der Waals surface area contributed by atoms with Crippen LogP contribution >= 0.6 is 39.1 Å². The van der Waals surface area contributed by atoms with Crippen molar-refractivity contribution >= 4 is 45.0 Å². The van der Waals surface area contributed by atoms with Crippen LogP contribution in [0.2, 0.25) is 10.0 Å². The van der Waals surface area contributed by atoms with Crippen LogP contribution in [0.5, 0.6) is 0 Å². The van der Waals surface area contributed by atoms with Crippen molar-refractivity contribution in [1.29, 1.82) is 0 Å². The number of carbonyl (C=O) groups excluding carboxylic acids is 1. The molecule has 1 saturated carbocycles. The SMILES string of the molecule is O=C(NCC1(CCBr)CC1)c1ccc(Cl)c(Cl)c1. The molecule has 0 aromatic heterocycles. The molecule has 1 fully saturated rings. The van der Waals surface area contributed by atoms with Crippen molar-refractivity contribution in [3.63, 3.8) is 0 Å². The van der Waals surface area contributed by atoms with E-state index in [1.165, 1.54) is 12.8 Å². The van der Waals surface area contributed by atoms with Crippen LogP contribution in [0.3, 0.4) is 0 Å². The molecule has 0 spiro atoms. The number of amides is 1. The lowest BCUT2D eigenvalue weighted by molar-refractivity contribution is 0.0944. The lowest BCUT2D eigenvalue weighted by Gasteiger charge is -2.14. The van der Waals surface area contributed by atoms with Gasteiger partial charge in [0.1, 0.15) is 0 Å². The molecule has 0 unspecified atom stereocenters. The zero-order valence-corrected chi connectivity index (χ0v) is 12.9. The molecule has 18 heavy (non-hydrogen) atoms. The molecule has 98 valence electrons. The summed E-state index contributed by atoms with van der Waals surface area (Å²) in [5, 5.41) is 4.83. The van der Waals surface area contributed by atoms with Gasteiger partial charge in [-0.05, 0) is 42.9 Å². The average molecular weight is 351 g/mol. The van der Waals surface area contributed by atoms with Gasteiger partial charge in [-0.2, -0.15) is 0 Å².